The largest absolute Gasteiger partial charge is 0.478 e. The summed E-state index contributed by atoms with van der Waals surface area (Å²) in [5.74, 6) is -0.957. The Morgan fingerprint density at radius 3 is 2.70 bits per heavy atom. The van der Waals surface area contributed by atoms with E-state index in [-0.39, 0.29) is 5.56 Å². The molecule has 0 unspecified atom stereocenters. The topological polar surface area (TPSA) is 75.4 Å². The lowest BCUT2D eigenvalue weighted by Gasteiger charge is -2.13. The number of aromatic nitrogens is 1. The Bertz CT molecular complexity index is 613. The summed E-state index contributed by atoms with van der Waals surface area (Å²) in [5, 5.41) is 12.3. The molecule has 1 saturated carbocycles. The van der Waals surface area contributed by atoms with E-state index in [2.05, 4.69) is 10.3 Å². The van der Waals surface area contributed by atoms with Crippen molar-refractivity contribution < 1.29 is 14.3 Å². The molecule has 0 atom stereocenters. The molecule has 0 aliphatic heterocycles. The molecule has 5 nitrogen and oxygen atoms in total. The average molecular weight is 274 g/mol. The maximum absolute atomic E-state index is 10.9. The number of nitrogens with one attached hydrogen (secondary N) is 1. The normalized spacial score (nSPS) is 17.0. The zero-order valence-electron chi connectivity index (χ0n) is 11.3. The fourth-order valence-electron chi connectivity index (χ4n) is 2.72. The van der Waals surface area contributed by atoms with E-state index in [1.54, 1.807) is 12.1 Å². The van der Waals surface area contributed by atoms with Crippen LogP contribution in [-0.2, 0) is 0 Å². The molecule has 0 saturated heterocycles. The second-order valence-corrected chi connectivity index (χ2v) is 5.34. The minimum atomic E-state index is -0.957. The molecule has 5 heteroatoms. The van der Waals surface area contributed by atoms with Crippen molar-refractivity contribution in [1.82, 2.24) is 4.98 Å². The fourth-order valence-corrected chi connectivity index (χ4v) is 2.72. The van der Waals surface area contributed by atoms with Crippen LogP contribution in [0.1, 0.15) is 48.9 Å². The summed E-state index contributed by atoms with van der Waals surface area (Å²) in [5.41, 5.74) is 1.42. The number of rotatable bonds is 3. The number of anilines is 1. The first-order chi connectivity index (χ1) is 9.72. The number of aromatic carboxylic acids is 1. The fraction of sp³-hybridized carbons (Fsp3) is 0.467. The van der Waals surface area contributed by atoms with Crippen LogP contribution in [-0.4, -0.2) is 22.1 Å². The minimum absolute atomic E-state index is 0.217. The predicted octanol–water partition coefficient (Wildman–Crippen LogP) is 3.66. The molecule has 2 N–H and O–H groups in total. The van der Waals surface area contributed by atoms with Gasteiger partial charge in [-0.05, 0) is 31.0 Å². The third kappa shape index (κ3) is 2.76. The van der Waals surface area contributed by atoms with Crippen LogP contribution < -0.4 is 5.32 Å². The smallest absolute Gasteiger partial charge is 0.335 e. The van der Waals surface area contributed by atoms with Crippen molar-refractivity contribution >= 4 is 23.1 Å². The molecule has 0 radical (unpaired) electrons. The van der Waals surface area contributed by atoms with Gasteiger partial charge in [-0.3, -0.25) is 0 Å². The Morgan fingerprint density at radius 1 is 1.25 bits per heavy atom. The first-order valence-corrected chi connectivity index (χ1v) is 7.13. The summed E-state index contributed by atoms with van der Waals surface area (Å²) < 4.78 is 5.62. The average Bonchev–Trinajstić information content (AvgIpc) is 2.64. The van der Waals surface area contributed by atoms with Gasteiger partial charge in [0, 0.05) is 6.04 Å². The number of carbonyl (C=O) groups is 1. The van der Waals surface area contributed by atoms with Crippen LogP contribution in [0.15, 0.2) is 22.6 Å². The quantitative estimate of drug-likeness (QED) is 0.835. The zero-order valence-corrected chi connectivity index (χ0v) is 11.3. The summed E-state index contributed by atoms with van der Waals surface area (Å²) >= 11 is 0. The number of nitrogens with zero attached hydrogens (tertiary/aromatic N) is 1. The standard InChI is InChI=1S/C15H18N2O3/c18-14(19)10-7-8-12-13(9-10)20-15(17-12)16-11-5-3-1-2-4-6-11/h7-9,11H,1-6H2,(H,16,17)(H,18,19). The van der Waals surface area contributed by atoms with E-state index in [1.165, 1.54) is 31.7 Å². The van der Waals surface area contributed by atoms with E-state index < -0.39 is 5.97 Å². The highest BCUT2D eigenvalue weighted by atomic mass is 16.4. The molecular weight excluding hydrogens is 256 g/mol. The van der Waals surface area contributed by atoms with Gasteiger partial charge in [0.25, 0.3) is 6.01 Å². The van der Waals surface area contributed by atoms with E-state index in [0.29, 0.717) is 23.2 Å². The van der Waals surface area contributed by atoms with Crippen molar-refractivity contribution in [2.75, 3.05) is 5.32 Å². The van der Waals surface area contributed by atoms with Crippen LogP contribution in [0.2, 0.25) is 0 Å². The van der Waals surface area contributed by atoms with E-state index in [4.69, 9.17) is 9.52 Å². The second-order valence-electron chi connectivity index (χ2n) is 5.34. The van der Waals surface area contributed by atoms with Crippen molar-refractivity contribution in [3.8, 4) is 0 Å². The van der Waals surface area contributed by atoms with Gasteiger partial charge in [0.1, 0.15) is 5.52 Å². The molecule has 20 heavy (non-hydrogen) atoms. The van der Waals surface area contributed by atoms with Gasteiger partial charge in [0.15, 0.2) is 5.58 Å². The lowest BCUT2D eigenvalue weighted by molar-refractivity contribution is 0.0697. The SMILES string of the molecule is O=C(O)c1ccc2nc(NC3CCCCCC3)oc2c1. The molecule has 1 heterocycles. The first-order valence-electron chi connectivity index (χ1n) is 7.13. The highest BCUT2D eigenvalue weighted by Gasteiger charge is 2.15. The number of hydrogen-bond donors (Lipinski definition) is 2. The summed E-state index contributed by atoms with van der Waals surface area (Å²) in [4.78, 5) is 15.3. The van der Waals surface area contributed by atoms with Gasteiger partial charge in [-0.2, -0.15) is 4.98 Å². The number of hydrogen-bond acceptors (Lipinski definition) is 4. The van der Waals surface area contributed by atoms with E-state index in [1.807, 2.05) is 0 Å². The van der Waals surface area contributed by atoms with Crippen LogP contribution >= 0.6 is 0 Å². The van der Waals surface area contributed by atoms with Gasteiger partial charge < -0.3 is 14.8 Å². The minimum Gasteiger partial charge on any atom is -0.478 e. The number of oxazole rings is 1. The number of fused-ring (bicyclic) bond motifs is 1. The van der Waals surface area contributed by atoms with Crippen LogP contribution in [0.5, 0.6) is 0 Å². The number of carboxylic acids is 1. The Hall–Kier alpha value is -2.04. The Balaban J connectivity index is 1.79. The molecule has 0 spiro atoms. The van der Waals surface area contributed by atoms with Crippen LogP contribution in [0.4, 0.5) is 6.01 Å². The Kier molecular flexibility index (Phi) is 3.58. The molecule has 0 bridgehead atoms. The Labute approximate surface area is 117 Å². The lowest BCUT2D eigenvalue weighted by atomic mass is 10.1. The molecule has 3 rings (SSSR count). The Morgan fingerprint density at radius 2 is 2.00 bits per heavy atom. The highest BCUT2D eigenvalue weighted by molar-refractivity contribution is 5.92. The predicted molar refractivity (Wildman–Crippen MR) is 76.1 cm³/mol. The first kappa shape index (κ1) is 13.0. The maximum atomic E-state index is 10.9. The van der Waals surface area contributed by atoms with Gasteiger partial charge in [0.05, 0.1) is 5.56 Å². The molecule has 1 aliphatic carbocycles. The summed E-state index contributed by atoms with van der Waals surface area (Å²) in [6, 6.07) is 5.64. The molecule has 1 aliphatic rings. The van der Waals surface area contributed by atoms with Crippen molar-refractivity contribution in [3.05, 3.63) is 23.8 Å². The highest BCUT2D eigenvalue weighted by Crippen LogP contribution is 2.24. The van der Waals surface area contributed by atoms with Crippen molar-refractivity contribution in [2.45, 2.75) is 44.6 Å². The molecule has 0 amide bonds. The van der Waals surface area contributed by atoms with E-state index >= 15 is 0 Å². The molecular formula is C15H18N2O3. The maximum Gasteiger partial charge on any atom is 0.335 e. The summed E-state index contributed by atoms with van der Waals surface area (Å²) in [6.45, 7) is 0. The van der Waals surface area contributed by atoms with Gasteiger partial charge in [-0.15, -0.1) is 0 Å². The van der Waals surface area contributed by atoms with Crippen molar-refractivity contribution in [3.63, 3.8) is 0 Å². The molecule has 1 aromatic heterocycles. The van der Waals surface area contributed by atoms with Crippen molar-refractivity contribution in [1.29, 1.82) is 0 Å². The van der Waals surface area contributed by atoms with Gasteiger partial charge in [-0.1, -0.05) is 25.7 Å². The number of carboxylic acid groups (broad SMARTS) is 1. The zero-order chi connectivity index (χ0) is 13.9. The molecule has 1 fully saturated rings. The van der Waals surface area contributed by atoms with E-state index in [9.17, 15) is 4.79 Å². The molecule has 1 aromatic carbocycles. The summed E-state index contributed by atoms with van der Waals surface area (Å²) in [7, 11) is 0. The van der Waals surface area contributed by atoms with Crippen LogP contribution in [0.3, 0.4) is 0 Å². The van der Waals surface area contributed by atoms with Gasteiger partial charge in [-0.25, -0.2) is 4.79 Å². The third-order valence-electron chi connectivity index (χ3n) is 3.82. The monoisotopic (exact) mass is 274 g/mol. The summed E-state index contributed by atoms with van der Waals surface area (Å²) in [6.07, 6.45) is 7.35. The van der Waals surface area contributed by atoms with Crippen molar-refractivity contribution in [2.24, 2.45) is 0 Å². The van der Waals surface area contributed by atoms with Gasteiger partial charge >= 0.3 is 5.97 Å². The van der Waals surface area contributed by atoms with Crippen LogP contribution in [0, 0.1) is 0 Å². The number of benzene rings is 1. The second kappa shape index (κ2) is 5.53. The molecule has 106 valence electrons. The van der Waals surface area contributed by atoms with E-state index in [0.717, 1.165) is 12.8 Å². The lowest BCUT2D eigenvalue weighted by Crippen LogP contribution is -2.18. The van der Waals surface area contributed by atoms with Crippen LogP contribution in [0.25, 0.3) is 11.1 Å². The molecule has 2 aromatic rings. The third-order valence-corrected chi connectivity index (χ3v) is 3.82. The van der Waals surface area contributed by atoms with Gasteiger partial charge in [0.2, 0.25) is 0 Å².